The Balaban J connectivity index is 1.27. The maximum atomic E-state index is 6.11. The summed E-state index contributed by atoms with van der Waals surface area (Å²) in [6, 6.07) is 15.0. The van der Waals surface area contributed by atoms with E-state index in [9.17, 15) is 0 Å². The molecule has 5 rings (SSSR count). The molecule has 1 aromatic heterocycles. The lowest BCUT2D eigenvalue weighted by Crippen LogP contribution is -2.07. The van der Waals surface area contributed by atoms with Gasteiger partial charge in [-0.25, -0.2) is 0 Å². The van der Waals surface area contributed by atoms with E-state index in [0.29, 0.717) is 13.2 Å². The highest BCUT2D eigenvalue weighted by atomic mass is 32.1. The zero-order chi connectivity index (χ0) is 21.2. The fraction of sp³-hybridized carbons (Fsp3) is 0.346. The number of benzene rings is 2. The summed E-state index contributed by atoms with van der Waals surface area (Å²) in [5.74, 6) is 8.08. The second-order valence-electron chi connectivity index (χ2n) is 8.24. The van der Waals surface area contributed by atoms with Crippen LogP contribution in [0.2, 0.25) is 0 Å². The molecule has 0 saturated heterocycles. The van der Waals surface area contributed by atoms with Crippen LogP contribution in [0.4, 0.5) is 0 Å². The van der Waals surface area contributed by atoms with Gasteiger partial charge in [0.25, 0.3) is 0 Å². The number of hydrogen-bond donors (Lipinski definition) is 0. The van der Waals surface area contributed by atoms with E-state index < -0.39 is 0 Å². The van der Waals surface area contributed by atoms with Crippen molar-refractivity contribution in [1.82, 2.24) is 0 Å². The van der Waals surface area contributed by atoms with Crippen molar-refractivity contribution in [2.45, 2.75) is 51.6 Å². The molecule has 1 fully saturated rings. The zero-order valence-corrected chi connectivity index (χ0v) is 18.7. The Kier molecular flexibility index (Phi) is 5.57. The molecule has 3 aromatic rings. The van der Waals surface area contributed by atoms with E-state index in [1.54, 1.807) is 5.56 Å². The molecule has 2 aliphatic rings. The summed E-state index contributed by atoms with van der Waals surface area (Å²) in [6.07, 6.45) is 3.43. The number of thiophene rings is 1. The van der Waals surface area contributed by atoms with E-state index in [4.69, 9.17) is 4.74 Å². The maximum absolute atomic E-state index is 6.11. The van der Waals surface area contributed by atoms with Crippen molar-refractivity contribution in [3.8, 4) is 17.6 Å². The Morgan fingerprint density at radius 3 is 2.71 bits per heavy atom. The zero-order valence-electron chi connectivity index (χ0n) is 17.9. The molecule has 0 amide bonds. The van der Waals surface area contributed by atoms with Gasteiger partial charge in [0.15, 0.2) is 0 Å². The van der Waals surface area contributed by atoms with Gasteiger partial charge in [0, 0.05) is 16.0 Å². The highest BCUT2D eigenvalue weighted by molar-refractivity contribution is 7.19. The fourth-order valence-electron chi connectivity index (χ4n) is 4.23. The van der Waals surface area contributed by atoms with Crippen LogP contribution < -0.4 is 4.74 Å². The molecular formula is C26H25N3OS. The van der Waals surface area contributed by atoms with Crippen molar-refractivity contribution in [1.29, 1.82) is 0 Å². The first-order chi connectivity index (χ1) is 15.2. The molecule has 5 heteroatoms. The molecule has 0 spiro atoms. The first-order valence-electron chi connectivity index (χ1n) is 10.8. The van der Waals surface area contributed by atoms with Gasteiger partial charge in [0.1, 0.15) is 18.9 Å². The largest absolute Gasteiger partial charge is 0.489 e. The van der Waals surface area contributed by atoms with Crippen LogP contribution in [-0.4, -0.2) is 12.3 Å². The van der Waals surface area contributed by atoms with Crippen LogP contribution in [0.3, 0.4) is 0 Å². The lowest BCUT2D eigenvalue weighted by atomic mass is 9.94. The standard InChI is InChI=1S/C26H25N3OS/c1-3-4-21(14-22-15-27-29-28-22)19-8-10-23(11-9-19)30-16-18-5-12-25-24(13-18)26(17(2)31-25)20-6-7-20/h5,8-13,20-21H,6-7,14-16H2,1-2H3/t21-/m0/s1. The van der Waals surface area contributed by atoms with Gasteiger partial charge in [-0.2, -0.15) is 5.11 Å². The van der Waals surface area contributed by atoms with Gasteiger partial charge < -0.3 is 4.74 Å². The van der Waals surface area contributed by atoms with E-state index in [1.807, 2.05) is 30.4 Å². The number of nitrogens with zero attached hydrogens (tertiary/aromatic N) is 3. The van der Waals surface area contributed by atoms with Gasteiger partial charge in [-0.15, -0.1) is 22.4 Å². The third-order valence-corrected chi connectivity index (χ3v) is 7.01. The van der Waals surface area contributed by atoms with Crippen molar-refractivity contribution in [2.24, 2.45) is 15.4 Å². The summed E-state index contributed by atoms with van der Waals surface area (Å²) in [5.41, 5.74) is 4.94. The monoisotopic (exact) mass is 427 g/mol. The van der Waals surface area contributed by atoms with E-state index >= 15 is 0 Å². The van der Waals surface area contributed by atoms with Crippen molar-refractivity contribution in [3.05, 3.63) is 64.0 Å². The molecule has 0 radical (unpaired) electrons. The van der Waals surface area contributed by atoms with Crippen LogP contribution in [-0.2, 0) is 6.61 Å². The normalized spacial score (nSPS) is 16.1. The Hall–Kier alpha value is -2.97. The summed E-state index contributed by atoms with van der Waals surface area (Å²) >= 11 is 1.92. The third kappa shape index (κ3) is 4.40. The van der Waals surface area contributed by atoms with E-state index in [0.717, 1.165) is 23.8 Å². The number of ether oxygens (including phenoxy) is 1. The quantitative estimate of drug-likeness (QED) is 0.375. The number of aryl methyl sites for hydroxylation is 1. The first kappa shape index (κ1) is 20.0. The van der Waals surface area contributed by atoms with E-state index in [-0.39, 0.29) is 5.92 Å². The summed E-state index contributed by atoms with van der Waals surface area (Å²) in [6.45, 7) is 5.29. The molecule has 1 aliphatic heterocycles. The summed E-state index contributed by atoms with van der Waals surface area (Å²) in [4.78, 5) is 1.47. The van der Waals surface area contributed by atoms with Gasteiger partial charge in [-0.05, 0) is 84.2 Å². The van der Waals surface area contributed by atoms with Crippen LogP contribution in [0.25, 0.3) is 10.1 Å². The molecule has 1 aliphatic carbocycles. The first-order valence-corrected chi connectivity index (χ1v) is 11.6. The highest BCUT2D eigenvalue weighted by Gasteiger charge is 2.28. The molecule has 2 heterocycles. The fourth-order valence-corrected chi connectivity index (χ4v) is 5.36. The van der Waals surface area contributed by atoms with E-state index in [2.05, 4.69) is 64.5 Å². The summed E-state index contributed by atoms with van der Waals surface area (Å²) < 4.78 is 7.50. The third-order valence-electron chi connectivity index (χ3n) is 5.91. The molecule has 4 nitrogen and oxygen atoms in total. The van der Waals surface area contributed by atoms with Crippen LogP contribution >= 0.6 is 11.3 Å². The minimum atomic E-state index is 0.103. The molecule has 156 valence electrons. The van der Waals surface area contributed by atoms with Crippen LogP contribution in [0.15, 0.2) is 57.9 Å². The average molecular weight is 428 g/mol. The van der Waals surface area contributed by atoms with Crippen LogP contribution in [0, 0.1) is 18.8 Å². The van der Waals surface area contributed by atoms with Crippen molar-refractivity contribution >= 4 is 27.1 Å². The minimum Gasteiger partial charge on any atom is -0.489 e. The highest BCUT2D eigenvalue weighted by Crippen LogP contribution is 2.47. The second-order valence-corrected chi connectivity index (χ2v) is 9.50. The molecule has 1 saturated carbocycles. The van der Waals surface area contributed by atoms with Crippen molar-refractivity contribution in [2.75, 3.05) is 6.54 Å². The van der Waals surface area contributed by atoms with E-state index in [1.165, 1.54) is 38.9 Å². The van der Waals surface area contributed by atoms with Gasteiger partial charge in [0.05, 0.1) is 11.6 Å². The topological polar surface area (TPSA) is 46.3 Å². The molecule has 31 heavy (non-hydrogen) atoms. The number of hydrogen-bond acceptors (Lipinski definition) is 5. The van der Waals surface area contributed by atoms with Crippen LogP contribution in [0.5, 0.6) is 5.75 Å². The smallest absolute Gasteiger partial charge is 0.119 e. The SMILES string of the molecule is CC#C[C@@H](CC1=NN=NC1)c1ccc(OCc2ccc3sc(C)c(C4CC4)c3c2)cc1. The predicted molar refractivity (Wildman–Crippen MR) is 127 cm³/mol. The molecule has 2 aromatic carbocycles. The Morgan fingerprint density at radius 2 is 2.00 bits per heavy atom. The van der Waals surface area contributed by atoms with Gasteiger partial charge in [0.2, 0.25) is 0 Å². The minimum absolute atomic E-state index is 0.103. The molecule has 0 bridgehead atoms. The Morgan fingerprint density at radius 1 is 1.16 bits per heavy atom. The average Bonchev–Trinajstić information content (AvgIpc) is 3.37. The maximum Gasteiger partial charge on any atom is 0.119 e. The predicted octanol–water partition coefficient (Wildman–Crippen LogP) is 6.98. The second kappa shape index (κ2) is 8.64. The number of fused-ring (bicyclic) bond motifs is 1. The summed E-state index contributed by atoms with van der Waals surface area (Å²) in [7, 11) is 0. The lowest BCUT2D eigenvalue weighted by molar-refractivity contribution is 0.306. The van der Waals surface area contributed by atoms with Gasteiger partial charge >= 0.3 is 0 Å². The van der Waals surface area contributed by atoms with Gasteiger partial charge in [-0.3, -0.25) is 0 Å². The molecule has 0 unspecified atom stereocenters. The lowest BCUT2D eigenvalue weighted by Gasteiger charge is -2.12. The van der Waals surface area contributed by atoms with Crippen molar-refractivity contribution < 1.29 is 4.74 Å². The summed E-state index contributed by atoms with van der Waals surface area (Å²) in [5, 5.41) is 13.2. The number of rotatable bonds is 7. The molecular weight excluding hydrogens is 402 g/mol. The molecule has 1 atom stereocenters. The Labute approximate surface area is 187 Å². The van der Waals surface area contributed by atoms with Crippen LogP contribution in [0.1, 0.15) is 59.6 Å². The molecule has 0 N–H and O–H groups in total. The van der Waals surface area contributed by atoms with Crippen molar-refractivity contribution in [3.63, 3.8) is 0 Å². The van der Waals surface area contributed by atoms with Gasteiger partial charge in [-0.1, -0.05) is 24.1 Å². The Bertz CT molecular complexity index is 1220.